The summed E-state index contributed by atoms with van der Waals surface area (Å²) in [6.45, 7) is 10.9. The molecule has 3 aromatic rings. The molecule has 0 aliphatic carbocycles. The highest BCUT2D eigenvalue weighted by molar-refractivity contribution is 9.10. The molecule has 1 aliphatic heterocycles. The molecule has 1 aromatic heterocycles. The lowest BCUT2D eigenvalue weighted by Gasteiger charge is -2.16. The van der Waals surface area contributed by atoms with Gasteiger partial charge in [-0.25, -0.2) is 0 Å². The number of benzene rings is 2. The molecule has 1 aliphatic rings. The Labute approximate surface area is 214 Å². The van der Waals surface area contributed by atoms with Crippen LogP contribution < -0.4 is 9.64 Å². The van der Waals surface area contributed by atoms with E-state index < -0.39 is 0 Å². The second-order valence-electron chi connectivity index (χ2n) is 8.49. The van der Waals surface area contributed by atoms with E-state index in [9.17, 15) is 4.79 Å². The lowest BCUT2D eigenvalue weighted by molar-refractivity contribution is -0.114. The van der Waals surface area contributed by atoms with E-state index in [4.69, 9.17) is 17.0 Å². The predicted molar refractivity (Wildman–Crippen MR) is 146 cm³/mol. The van der Waals surface area contributed by atoms with Gasteiger partial charge in [0.15, 0.2) is 5.11 Å². The van der Waals surface area contributed by atoms with E-state index in [1.54, 1.807) is 9.80 Å². The van der Waals surface area contributed by atoms with Gasteiger partial charge in [0.1, 0.15) is 11.4 Å². The number of aryl methyl sites for hydroxylation is 3. The zero-order chi connectivity index (χ0) is 24.7. The van der Waals surface area contributed by atoms with Crippen molar-refractivity contribution in [3.8, 4) is 11.4 Å². The molecule has 1 amide bonds. The number of likely N-dealkylation sites (N-methyl/N-ethyl adjacent to an activating group) is 1. The van der Waals surface area contributed by atoms with E-state index in [0.29, 0.717) is 17.4 Å². The molecule has 0 unspecified atom stereocenters. The molecule has 1 fully saturated rings. The molecule has 5 nitrogen and oxygen atoms in total. The quantitative estimate of drug-likeness (QED) is 0.276. The third-order valence-corrected chi connectivity index (χ3v) is 7.82. The fraction of sp³-hybridized carbons (Fsp3) is 0.259. The summed E-state index contributed by atoms with van der Waals surface area (Å²) in [4.78, 5) is 16.8. The topological polar surface area (TPSA) is 37.7 Å². The number of rotatable bonds is 5. The van der Waals surface area contributed by atoms with Gasteiger partial charge in [-0.05, 0) is 112 Å². The van der Waals surface area contributed by atoms with Gasteiger partial charge in [0.2, 0.25) is 0 Å². The van der Waals surface area contributed by atoms with Crippen molar-refractivity contribution in [2.24, 2.45) is 0 Å². The number of aromatic nitrogens is 1. The number of thiocarbonyl (C=S) groups is 1. The molecule has 0 N–H and O–H groups in total. The van der Waals surface area contributed by atoms with Crippen LogP contribution in [-0.2, 0) is 4.79 Å². The van der Waals surface area contributed by atoms with Crippen molar-refractivity contribution in [1.82, 2.24) is 9.47 Å². The number of ether oxygens (including phenoxy) is 1. The molecule has 1 saturated heterocycles. The molecule has 2 aromatic carbocycles. The fourth-order valence-electron chi connectivity index (χ4n) is 4.37. The van der Waals surface area contributed by atoms with Crippen LogP contribution in [0.2, 0.25) is 0 Å². The summed E-state index contributed by atoms with van der Waals surface area (Å²) in [7, 11) is 1.83. The van der Waals surface area contributed by atoms with Crippen LogP contribution in [0.3, 0.4) is 0 Å². The van der Waals surface area contributed by atoms with Gasteiger partial charge in [0.25, 0.3) is 5.91 Å². The molecule has 7 heteroatoms. The Bertz CT molecular complexity index is 1300. The predicted octanol–water partition coefficient (Wildman–Crippen LogP) is 6.48. The highest BCUT2D eigenvalue weighted by atomic mass is 79.9. The zero-order valence-electron chi connectivity index (χ0n) is 20.3. The van der Waals surface area contributed by atoms with Gasteiger partial charge in [-0.1, -0.05) is 15.9 Å². The number of amides is 1. The fourth-order valence-corrected chi connectivity index (χ4v) is 4.89. The molecular formula is C27H28BrN3O2S. The molecule has 4 rings (SSSR count). The average molecular weight is 539 g/mol. The minimum atomic E-state index is -0.142. The third kappa shape index (κ3) is 4.18. The summed E-state index contributed by atoms with van der Waals surface area (Å²) in [5.41, 5.74) is 7.90. The number of carbonyl (C=O) groups excluding carboxylic acids is 1. The van der Waals surface area contributed by atoms with Crippen molar-refractivity contribution < 1.29 is 9.53 Å². The third-order valence-electron chi connectivity index (χ3n) is 6.11. The van der Waals surface area contributed by atoms with Crippen LogP contribution in [0, 0.1) is 27.7 Å². The maximum Gasteiger partial charge on any atom is 0.281 e. The summed E-state index contributed by atoms with van der Waals surface area (Å²) in [6, 6.07) is 13.9. The minimum Gasteiger partial charge on any atom is -0.494 e. The van der Waals surface area contributed by atoms with Gasteiger partial charge < -0.3 is 14.2 Å². The van der Waals surface area contributed by atoms with Gasteiger partial charge in [0, 0.05) is 28.6 Å². The van der Waals surface area contributed by atoms with Gasteiger partial charge >= 0.3 is 0 Å². The number of nitrogens with zero attached hydrogens (tertiary/aromatic N) is 3. The lowest BCUT2D eigenvalue weighted by Crippen LogP contribution is -2.31. The van der Waals surface area contributed by atoms with Crippen LogP contribution >= 0.6 is 28.1 Å². The van der Waals surface area contributed by atoms with Crippen molar-refractivity contribution >= 4 is 50.9 Å². The van der Waals surface area contributed by atoms with Crippen LogP contribution in [0.1, 0.15) is 35.0 Å². The number of hydrogen-bond donors (Lipinski definition) is 0. The molecule has 34 heavy (non-hydrogen) atoms. The SMILES string of the molecule is CCOc1ccc(N2C(=O)/C(=C/c3cc(C)n(-c4cc(C)c(Br)c(C)c4)c3C)N(C)C2=S)cc1. The number of hydrogen-bond acceptors (Lipinski definition) is 3. The van der Waals surface area contributed by atoms with E-state index in [-0.39, 0.29) is 5.91 Å². The molecule has 2 heterocycles. The van der Waals surface area contributed by atoms with E-state index in [0.717, 1.165) is 38.5 Å². The second-order valence-corrected chi connectivity index (χ2v) is 9.65. The summed E-state index contributed by atoms with van der Waals surface area (Å²) < 4.78 is 8.87. The molecule has 0 radical (unpaired) electrons. The summed E-state index contributed by atoms with van der Waals surface area (Å²) in [5.74, 6) is 0.621. The molecule has 0 atom stereocenters. The standard InChI is InChI=1S/C27H28BrN3O2S/c1-7-33-23-10-8-21(9-11-23)31-26(32)24(29(6)27(31)34)15-20-14-18(4)30(19(20)5)22-12-16(2)25(28)17(3)13-22/h8-15H,7H2,1-6H3/b24-15-. The average Bonchev–Trinajstić information content (AvgIpc) is 3.19. The van der Waals surface area contributed by atoms with Crippen LogP contribution in [0.15, 0.2) is 52.6 Å². The Balaban J connectivity index is 1.71. The van der Waals surface area contributed by atoms with Crippen molar-refractivity contribution in [3.05, 3.63) is 80.7 Å². The van der Waals surface area contributed by atoms with Crippen molar-refractivity contribution in [3.63, 3.8) is 0 Å². The second kappa shape index (κ2) is 9.39. The number of carbonyl (C=O) groups is 1. The molecule has 176 valence electrons. The van der Waals surface area contributed by atoms with Crippen LogP contribution in [0.4, 0.5) is 5.69 Å². The van der Waals surface area contributed by atoms with Crippen molar-refractivity contribution in [2.45, 2.75) is 34.6 Å². The number of halogens is 1. The Morgan fingerprint density at radius 2 is 1.62 bits per heavy atom. The molecular weight excluding hydrogens is 510 g/mol. The van der Waals surface area contributed by atoms with Crippen LogP contribution in [0.25, 0.3) is 11.8 Å². The monoisotopic (exact) mass is 537 g/mol. The van der Waals surface area contributed by atoms with Crippen LogP contribution in [-0.4, -0.2) is 34.1 Å². The first-order valence-corrected chi connectivity index (χ1v) is 12.4. The lowest BCUT2D eigenvalue weighted by atomic mass is 10.1. The van der Waals surface area contributed by atoms with Crippen molar-refractivity contribution in [2.75, 3.05) is 18.6 Å². The van der Waals surface area contributed by atoms with E-state index >= 15 is 0 Å². The normalized spacial score (nSPS) is 15.1. The number of anilines is 1. The zero-order valence-corrected chi connectivity index (χ0v) is 22.7. The van der Waals surface area contributed by atoms with E-state index in [1.807, 2.05) is 44.3 Å². The van der Waals surface area contributed by atoms with Gasteiger partial charge in [-0.15, -0.1) is 0 Å². The maximum absolute atomic E-state index is 13.4. The Hall–Kier alpha value is -2.90. The first-order valence-electron chi connectivity index (χ1n) is 11.2. The Morgan fingerprint density at radius 3 is 2.21 bits per heavy atom. The summed E-state index contributed by atoms with van der Waals surface area (Å²) in [6.07, 6.45) is 1.93. The van der Waals surface area contributed by atoms with Gasteiger partial charge in [-0.3, -0.25) is 9.69 Å². The highest BCUT2D eigenvalue weighted by Crippen LogP contribution is 2.32. The summed E-state index contributed by atoms with van der Waals surface area (Å²) >= 11 is 9.29. The Kier molecular flexibility index (Phi) is 6.69. The largest absolute Gasteiger partial charge is 0.494 e. The minimum absolute atomic E-state index is 0.142. The van der Waals surface area contributed by atoms with Gasteiger partial charge in [-0.2, -0.15) is 0 Å². The van der Waals surface area contributed by atoms with Gasteiger partial charge in [0.05, 0.1) is 12.3 Å². The highest BCUT2D eigenvalue weighted by Gasteiger charge is 2.37. The van der Waals surface area contributed by atoms with E-state index in [1.165, 1.54) is 11.1 Å². The first kappa shape index (κ1) is 24.2. The molecule has 0 bridgehead atoms. The van der Waals surface area contributed by atoms with E-state index in [2.05, 4.69) is 66.4 Å². The van der Waals surface area contributed by atoms with Crippen LogP contribution in [0.5, 0.6) is 5.75 Å². The molecule has 0 saturated carbocycles. The first-order chi connectivity index (χ1) is 16.1. The maximum atomic E-state index is 13.4. The summed E-state index contributed by atoms with van der Waals surface area (Å²) in [5, 5.41) is 0.452. The van der Waals surface area contributed by atoms with Crippen molar-refractivity contribution in [1.29, 1.82) is 0 Å². The Morgan fingerprint density at radius 1 is 1.00 bits per heavy atom. The molecule has 0 spiro atoms. The smallest absolute Gasteiger partial charge is 0.281 e.